The lowest BCUT2D eigenvalue weighted by molar-refractivity contribution is 0.414. The van der Waals surface area contributed by atoms with Gasteiger partial charge in [-0.3, -0.25) is 4.21 Å². The zero-order valence-corrected chi connectivity index (χ0v) is 12.0. The molecule has 0 heterocycles. The number of nitrogen functional groups attached to an aromatic ring is 1. The largest absolute Gasteiger partial charge is 0.497 e. The maximum Gasteiger partial charge on any atom is 0.141 e. The van der Waals surface area contributed by atoms with Gasteiger partial charge < -0.3 is 10.5 Å². The molecule has 0 aromatic heterocycles. The molecule has 0 amide bonds. The summed E-state index contributed by atoms with van der Waals surface area (Å²) in [7, 11) is 0.232. The lowest BCUT2D eigenvalue weighted by Crippen LogP contribution is -2.04. The van der Waals surface area contributed by atoms with E-state index in [0.717, 1.165) is 11.3 Å². The Morgan fingerprint density at radius 3 is 2.50 bits per heavy atom. The lowest BCUT2D eigenvalue weighted by atomic mass is 10.2. The van der Waals surface area contributed by atoms with Gasteiger partial charge >= 0.3 is 0 Å². The molecule has 5 heteroatoms. The first kappa shape index (κ1) is 14.5. The van der Waals surface area contributed by atoms with Crippen molar-refractivity contribution >= 4 is 16.5 Å². The van der Waals surface area contributed by atoms with Crippen molar-refractivity contribution in [1.82, 2.24) is 0 Å². The molecule has 0 saturated carbocycles. The number of nitrogens with two attached hydrogens (primary N) is 1. The SMILES string of the molecule is COc1ccc(CCS(=O)c2ccc(N)cc2F)cc1. The molecular formula is C15H16FNO2S. The Balaban J connectivity index is 2.00. The molecule has 0 bridgehead atoms. The highest BCUT2D eigenvalue weighted by molar-refractivity contribution is 7.85. The Labute approximate surface area is 120 Å². The number of hydrogen-bond acceptors (Lipinski definition) is 3. The maximum atomic E-state index is 13.6. The van der Waals surface area contributed by atoms with Crippen molar-refractivity contribution in [3.8, 4) is 5.75 Å². The summed E-state index contributed by atoms with van der Waals surface area (Å²) in [6.07, 6.45) is 0.612. The molecule has 2 N–H and O–H groups in total. The van der Waals surface area contributed by atoms with Crippen molar-refractivity contribution in [1.29, 1.82) is 0 Å². The molecule has 2 aromatic carbocycles. The van der Waals surface area contributed by atoms with Crippen LogP contribution in [0, 0.1) is 5.82 Å². The molecule has 3 nitrogen and oxygen atoms in total. The van der Waals surface area contributed by atoms with E-state index in [2.05, 4.69) is 0 Å². The summed E-state index contributed by atoms with van der Waals surface area (Å²) in [5, 5.41) is 0. The van der Waals surface area contributed by atoms with Gasteiger partial charge in [0.25, 0.3) is 0 Å². The van der Waals surface area contributed by atoms with Crippen molar-refractivity contribution in [3.63, 3.8) is 0 Å². The molecule has 2 rings (SSSR count). The molecule has 2 aromatic rings. The van der Waals surface area contributed by atoms with Gasteiger partial charge in [0.15, 0.2) is 0 Å². The smallest absolute Gasteiger partial charge is 0.141 e. The Hall–Kier alpha value is -1.88. The molecule has 106 valence electrons. The summed E-state index contributed by atoms with van der Waals surface area (Å²) in [6.45, 7) is 0. The van der Waals surface area contributed by atoms with Crippen LogP contribution in [-0.4, -0.2) is 17.1 Å². The van der Waals surface area contributed by atoms with Crippen LogP contribution in [0.1, 0.15) is 5.56 Å². The quantitative estimate of drug-likeness (QED) is 0.862. The van der Waals surface area contributed by atoms with Crippen LogP contribution in [0.5, 0.6) is 5.75 Å². The number of aryl methyl sites for hydroxylation is 1. The fourth-order valence-corrected chi connectivity index (χ4v) is 2.95. The summed E-state index contributed by atoms with van der Waals surface area (Å²) in [4.78, 5) is 0.202. The van der Waals surface area contributed by atoms with Crippen LogP contribution in [0.4, 0.5) is 10.1 Å². The highest BCUT2D eigenvalue weighted by Crippen LogP contribution is 2.17. The van der Waals surface area contributed by atoms with Gasteiger partial charge in [-0.1, -0.05) is 12.1 Å². The molecule has 1 atom stereocenters. The van der Waals surface area contributed by atoms with E-state index in [1.807, 2.05) is 24.3 Å². The van der Waals surface area contributed by atoms with Gasteiger partial charge in [0.2, 0.25) is 0 Å². The molecule has 0 aliphatic rings. The topological polar surface area (TPSA) is 52.3 Å². The van der Waals surface area contributed by atoms with Crippen LogP contribution in [0.2, 0.25) is 0 Å². The van der Waals surface area contributed by atoms with Crippen molar-refractivity contribution in [2.24, 2.45) is 0 Å². The van der Waals surface area contributed by atoms with Gasteiger partial charge in [-0.25, -0.2) is 4.39 Å². The second-order valence-electron chi connectivity index (χ2n) is 4.34. The molecule has 20 heavy (non-hydrogen) atoms. The van der Waals surface area contributed by atoms with Gasteiger partial charge in [-0.05, 0) is 42.3 Å². The van der Waals surface area contributed by atoms with E-state index in [9.17, 15) is 8.60 Å². The van der Waals surface area contributed by atoms with E-state index in [-0.39, 0.29) is 4.90 Å². The average molecular weight is 293 g/mol. The molecule has 0 radical (unpaired) electrons. The van der Waals surface area contributed by atoms with E-state index in [4.69, 9.17) is 10.5 Å². The highest BCUT2D eigenvalue weighted by Gasteiger charge is 2.10. The van der Waals surface area contributed by atoms with Crippen LogP contribution in [-0.2, 0) is 17.2 Å². The fourth-order valence-electron chi connectivity index (χ4n) is 1.81. The van der Waals surface area contributed by atoms with Gasteiger partial charge in [0, 0.05) is 11.4 Å². The number of anilines is 1. The van der Waals surface area contributed by atoms with Gasteiger partial charge in [0.05, 0.1) is 22.8 Å². The minimum Gasteiger partial charge on any atom is -0.497 e. The van der Waals surface area contributed by atoms with E-state index in [0.29, 0.717) is 17.9 Å². The summed E-state index contributed by atoms with van der Waals surface area (Å²) in [5.74, 6) is 0.630. The Morgan fingerprint density at radius 1 is 1.20 bits per heavy atom. The van der Waals surface area contributed by atoms with Crippen LogP contribution in [0.3, 0.4) is 0 Å². The van der Waals surface area contributed by atoms with E-state index in [1.54, 1.807) is 13.2 Å². The van der Waals surface area contributed by atoms with Crippen LogP contribution in [0.25, 0.3) is 0 Å². The molecule has 0 fully saturated rings. The predicted octanol–water partition coefficient (Wildman–Crippen LogP) is 2.77. The lowest BCUT2D eigenvalue weighted by Gasteiger charge is -2.06. The number of methoxy groups -OCH3 is 1. The Bertz CT molecular complexity index is 614. The Morgan fingerprint density at radius 2 is 1.90 bits per heavy atom. The number of hydrogen-bond donors (Lipinski definition) is 1. The zero-order valence-electron chi connectivity index (χ0n) is 11.1. The van der Waals surface area contributed by atoms with Crippen molar-refractivity contribution < 1.29 is 13.3 Å². The molecular weight excluding hydrogens is 277 g/mol. The second kappa shape index (κ2) is 6.52. The van der Waals surface area contributed by atoms with Crippen LogP contribution < -0.4 is 10.5 Å². The summed E-state index contributed by atoms with van der Waals surface area (Å²) >= 11 is 0. The van der Waals surface area contributed by atoms with Crippen LogP contribution in [0.15, 0.2) is 47.4 Å². The molecule has 1 unspecified atom stereocenters. The second-order valence-corrected chi connectivity index (χ2v) is 5.88. The third-order valence-electron chi connectivity index (χ3n) is 2.94. The molecule has 0 spiro atoms. The number of benzene rings is 2. The van der Waals surface area contributed by atoms with Crippen LogP contribution >= 0.6 is 0 Å². The summed E-state index contributed by atoms with van der Waals surface area (Å²) in [5.41, 5.74) is 6.84. The third kappa shape index (κ3) is 3.57. The number of halogens is 1. The monoisotopic (exact) mass is 293 g/mol. The standard InChI is InChI=1S/C15H16FNO2S/c1-19-13-5-2-11(3-6-13)8-9-20(18)15-7-4-12(17)10-14(15)16/h2-7,10H,8-9,17H2,1H3. The first-order chi connectivity index (χ1) is 9.60. The van der Waals surface area contributed by atoms with Gasteiger partial charge in [0.1, 0.15) is 11.6 Å². The summed E-state index contributed by atoms with van der Waals surface area (Å²) < 4.78 is 30.8. The average Bonchev–Trinajstić information content (AvgIpc) is 2.45. The zero-order chi connectivity index (χ0) is 14.5. The first-order valence-electron chi connectivity index (χ1n) is 6.16. The fraction of sp³-hybridized carbons (Fsp3) is 0.200. The summed E-state index contributed by atoms with van der Waals surface area (Å²) in [6, 6.07) is 11.8. The number of ether oxygens (including phenoxy) is 1. The first-order valence-corrected chi connectivity index (χ1v) is 7.48. The number of rotatable bonds is 5. The minimum atomic E-state index is -1.37. The Kier molecular flexibility index (Phi) is 4.74. The van der Waals surface area contributed by atoms with Crippen molar-refractivity contribution in [2.75, 3.05) is 18.6 Å². The van der Waals surface area contributed by atoms with E-state index >= 15 is 0 Å². The van der Waals surface area contributed by atoms with E-state index in [1.165, 1.54) is 12.1 Å². The van der Waals surface area contributed by atoms with Crippen molar-refractivity contribution in [3.05, 3.63) is 53.8 Å². The minimum absolute atomic E-state index is 0.202. The highest BCUT2D eigenvalue weighted by atomic mass is 32.2. The van der Waals surface area contributed by atoms with Gasteiger partial charge in [-0.15, -0.1) is 0 Å². The predicted molar refractivity (Wildman–Crippen MR) is 78.8 cm³/mol. The van der Waals surface area contributed by atoms with E-state index < -0.39 is 16.6 Å². The normalized spacial score (nSPS) is 12.1. The molecule has 0 aliphatic heterocycles. The van der Waals surface area contributed by atoms with Gasteiger partial charge in [-0.2, -0.15) is 0 Å². The molecule has 0 saturated heterocycles. The maximum absolute atomic E-state index is 13.6. The van der Waals surface area contributed by atoms with Crippen molar-refractivity contribution in [2.45, 2.75) is 11.3 Å². The third-order valence-corrected chi connectivity index (χ3v) is 4.33. The molecule has 0 aliphatic carbocycles.